The first-order valence-corrected chi connectivity index (χ1v) is 9.26. The van der Waals surface area contributed by atoms with Crippen LogP contribution in [0, 0.1) is 5.92 Å². The molecule has 6 nitrogen and oxygen atoms in total. The molecule has 1 N–H and O–H groups in total. The summed E-state index contributed by atoms with van der Waals surface area (Å²) in [4.78, 5) is 26.2. The molecule has 0 unspecified atom stereocenters. The van der Waals surface area contributed by atoms with Crippen molar-refractivity contribution in [2.45, 2.75) is 45.6 Å². The Hall–Kier alpha value is -2.24. The lowest BCUT2D eigenvalue weighted by Crippen LogP contribution is -2.34. The fourth-order valence-electron chi connectivity index (χ4n) is 3.31. The van der Waals surface area contributed by atoms with Crippen LogP contribution < -0.4 is 14.8 Å². The lowest BCUT2D eigenvalue weighted by Gasteiger charge is -2.21. The zero-order valence-electron chi connectivity index (χ0n) is 16.2. The van der Waals surface area contributed by atoms with E-state index in [1.807, 2.05) is 20.9 Å². The van der Waals surface area contributed by atoms with E-state index in [0.29, 0.717) is 23.0 Å². The van der Waals surface area contributed by atoms with Gasteiger partial charge in [0.2, 0.25) is 0 Å². The molecule has 0 radical (unpaired) electrons. The predicted octanol–water partition coefficient (Wildman–Crippen LogP) is 2.86. The Kier molecular flexibility index (Phi) is 7.30. The van der Waals surface area contributed by atoms with Gasteiger partial charge in [0.25, 0.3) is 11.8 Å². The van der Waals surface area contributed by atoms with Gasteiger partial charge in [-0.25, -0.2) is 0 Å². The van der Waals surface area contributed by atoms with Gasteiger partial charge in [0.15, 0.2) is 18.1 Å². The lowest BCUT2D eigenvalue weighted by atomic mass is 10.1. The van der Waals surface area contributed by atoms with Crippen molar-refractivity contribution in [3.63, 3.8) is 0 Å². The number of benzene rings is 1. The normalized spacial score (nSPS) is 14.3. The molecule has 1 aromatic rings. The first-order chi connectivity index (χ1) is 12.4. The van der Waals surface area contributed by atoms with Gasteiger partial charge in [0.05, 0.1) is 7.11 Å². The third-order valence-electron chi connectivity index (χ3n) is 4.57. The highest BCUT2D eigenvalue weighted by Gasteiger charge is 2.21. The Bertz CT molecular complexity index is 624. The van der Waals surface area contributed by atoms with Gasteiger partial charge in [-0.15, -0.1) is 0 Å². The zero-order valence-corrected chi connectivity index (χ0v) is 16.2. The molecule has 2 rings (SSSR count). The van der Waals surface area contributed by atoms with Crippen LogP contribution in [-0.4, -0.2) is 50.1 Å². The Morgan fingerprint density at radius 2 is 1.92 bits per heavy atom. The van der Waals surface area contributed by atoms with E-state index in [0.717, 1.165) is 6.54 Å². The first-order valence-electron chi connectivity index (χ1n) is 9.26. The molecule has 0 aliphatic heterocycles. The molecule has 1 aliphatic rings. The largest absolute Gasteiger partial charge is 0.493 e. The molecule has 0 atom stereocenters. The average molecular weight is 362 g/mol. The molecule has 2 amide bonds. The minimum Gasteiger partial charge on any atom is -0.493 e. The topological polar surface area (TPSA) is 67.9 Å². The second-order valence-electron chi connectivity index (χ2n) is 7.21. The van der Waals surface area contributed by atoms with E-state index in [-0.39, 0.29) is 24.5 Å². The van der Waals surface area contributed by atoms with Crippen molar-refractivity contribution in [3.8, 4) is 11.5 Å². The van der Waals surface area contributed by atoms with Crippen molar-refractivity contribution < 1.29 is 19.1 Å². The van der Waals surface area contributed by atoms with Crippen molar-refractivity contribution >= 4 is 11.8 Å². The molecule has 0 heterocycles. The van der Waals surface area contributed by atoms with Crippen molar-refractivity contribution in [1.29, 1.82) is 0 Å². The number of hydrogen-bond acceptors (Lipinski definition) is 4. The third kappa shape index (κ3) is 5.64. The molecular weight excluding hydrogens is 332 g/mol. The first kappa shape index (κ1) is 20.1. The number of nitrogens with zero attached hydrogens (tertiary/aromatic N) is 1. The maximum Gasteiger partial charge on any atom is 0.258 e. The fourth-order valence-corrected chi connectivity index (χ4v) is 3.31. The summed E-state index contributed by atoms with van der Waals surface area (Å²) in [5.41, 5.74) is 0.557. The quantitative estimate of drug-likeness (QED) is 0.772. The van der Waals surface area contributed by atoms with E-state index in [1.54, 1.807) is 23.1 Å². The van der Waals surface area contributed by atoms with Crippen LogP contribution >= 0.6 is 0 Å². The van der Waals surface area contributed by atoms with Crippen molar-refractivity contribution in [3.05, 3.63) is 23.8 Å². The molecule has 144 valence electrons. The zero-order chi connectivity index (χ0) is 19.1. The van der Waals surface area contributed by atoms with Crippen LogP contribution in [0.15, 0.2) is 18.2 Å². The lowest BCUT2D eigenvalue weighted by molar-refractivity contribution is -0.123. The number of nitrogens with one attached hydrogen (secondary N) is 1. The molecule has 0 saturated heterocycles. The number of carbonyl (C=O) groups is 2. The van der Waals surface area contributed by atoms with Crippen LogP contribution in [0.4, 0.5) is 0 Å². The van der Waals surface area contributed by atoms with Gasteiger partial charge in [0.1, 0.15) is 0 Å². The van der Waals surface area contributed by atoms with E-state index in [1.165, 1.54) is 32.8 Å². The number of ether oxygens (including phenoxy) is 2. The van der Waals surface area contributed by atoms with Crippen LogP contribution in [0.1, 0.15) is 49.9 Å². The van der Waals surface area contributed by atoms with Crippen molar-refractivity contribution in [1.82, 2.24) is 10.2 Å². The number of amides is 2. The van der Waals surface area contributed by atoms with E-state index < -0.39 is 0 Å². The second kappa shape index (κ2) is 9.46. The molecule has 1 aromatic carbocycles. The number of hydrogen-bond donors (Lipinski definition) is 1. The second-order valence-corrected chi connectivity index (χ2v) is 7.21. The van der Waals surface area contributed by atoms with Crippen LogP contribution in [0.25, 0.3) is 0 Å². The highest BCUT2D eigenvalue weighted by atomic mass is 16.5. The SMILES string of the molecule is COc1cc(C(=O)N(C)CC2CCCC2)ccc1OCC(=O)NC(C)C. The maximum absolute atomic E-state index is 12.7. The minimum absolute atomic E-state index is 0.0284. The monoisotopic (exact) mass is 362 g/mol. The fraction of sp³-hybridized carbons (Fsp3) is 0.600. The molecule has 1 saturated carbocycles. The Labute approximate surface area is 155 Å². The van der Waals surface area contributed by atoms with Gasteiger partial charge >= 0.3 is 0 Å². The number of carbonyl (C=O) groups excluding carboxylic acids is 2. The minimum atomic E-state index is -0.196. The average Bonchev–Trinajstić information content (AvgIpc) is 3.11. The maximum atomic E-state index is 12.7. The molecular formula is C20H30N2O4. The van der Waals surface area contributed by atoms with Crippen LogP contribution in [0.2, 0.25) is 0 Å². The summed E-state index contributed by atoms with van der Waals surface area (Å²) < 4.78 is 10.9. The summed E-state index contributed by atoms with van der Waals surface area (Å²) in [6, 6.07) is 5.12. The summed E-state index contributed by atoms with van der Waals surface area (Å²) in [5, 5.41) is 2.76. The van der Waals surface area contributed by atoms with Gasteiger partial charge < -0.3 is 19.7 Å². The smallest absolute Gasteiger partial charge is 0.258 e. The third-order valence-corrected chi connectivity index (χ3v) is 4.57. The van der Waals surface area contributed by atoms with Crippen molar-refractivity contribution in [2.75, 3.05) is 27.3 Å². The summed E-state index contributed by atoms with van der Waals surface area (Å²) in [6.45, 7) is 4.47. The van der Waals surface area contributed by atoms with Crippen molar-refractivity contribution in [2.24, 2.45) is 5.92 Å². The molecule has 6 heteroatoms. The molecule has 0 bridgehead atoms. The number of methoxy groups -OCH3 is 1. The number of rotatable bonds is 8. The Balaban J connectivity index is 1.99. The molecule has 26 heavy (non-hydrogen) atoms. The summed E-state index contributed by atoms with van der Waals surface area (Å²) in [6.07, 6.45) is 4.92. The van der Waals surface area contributed by atoms with E-state index in [4.69, 9.17) is 9.47 Å². The van der Waals surface area contributed by atoms with E-state index >= 15 is 0 Å². The van der Waals surface area contributed by atoms with Gasteiger partial charge in [-0.3, -0.25) is 9.59 Å². The van der Waals surface area contributed by atoms with Gasteiger partial charge in [-0.05, 0) is 50.8 Å². The Morgan fingerprint density at radius 1 is 1.23 bits per heavy atom. The summed E-state index contributed by atoms with van der Waals surface area (Å²) in [7, 11) is 3.36. The standard InChI is InChI=1S/C20H30N2O4/c1-14(2)21-19(23)13-26-17-10-9-16(11-18(17)25-4)20(24)22(3)12-15-7-5-6-8-15/h9-11,14-15H,5-8,12-13H2,1-4H3,(H,21,23). The highest BCUT2D eigenvalue weighted by molar-refractivity contribution is 5.94. The van der Waals surface area contributed by atoms with Crippen LogP contribution in [0.3, 0.4) is 0 Å². The highest BCUT2D eigenvalue weighted by Crippen LogP contribution is 2.29. The molecule has 1 aliphatic carbocycles. The predicted molar refractivity (Wildman–Crippen MR) is 101 cm³/mol. The van der Waals surface area contributed by atoms with Gasteiger partial charge in [-0.2, -0.15) is 0 Å². The Morgan fingerprint density at radius 3 is 2.54 bits per heavy atom. The van der Waals surface area contributed by atoms with Crippen LogP contribution in [0.5, 0.6) is 11.5 Å². The molecule has 1 fully saturated rings. The molecule has 0 aromatic heterocycles. The van der Waals surface area contributed by atoms with E-state index in [9.17, 15) is 9.59 Å². The van der Waals surface area contributed by atoms with Crippen LogP contribution in [-0.2, 0) is 4.79 Å². The summed E-state index contributed by atoms with van der Waals surface area (Å²) in [5.74, 6) is 1.27. The van der Waals surface area contributed by atoms with E-state index in [2.05, 4.69) is 5.32 Å². The molecule has 0 spiro atoms. The summed E-state index contributed by atoms with van der Waals surface area (Å²) >= 11 is 0. The van der Waals surface area contributed by atoms with Gasteiger partial charge in [-0.1, -0.05) is 12.8 Å². The van der Waals surface area contributed by atoms with Gasteiger partial charge in [0, 0.05) is 25.2 Å².